The molecule has 0 aliphatic heterocycles. The number of benzene rings is 1. The Bertz CT molecular complexity index is 454. The summed E-state index contributed by atoms with van der Waals surface area (Å²) in [4.78, 5) is 13.6. The van der Waals surface area contributed by atoms with E-state index in [0.29, 0.717) is 29.5 Å². The van der Waals surface area contributed by atoms with Crippen LogP contribution in [-0.4, -0.2) is 29.0 Å². The summed E-state index contributed by atoms with van der Waals surface area (Å²) < 4.78 is 0.550. The molecule has 4 nitrogen and oxygen atoms in total. The van der Waals surface area contributed by atoms with Gasteiger partial charge in [0.1, 0.15) is 5.75 Å². The molecule has 1 amide bonds. The first-order chi connectivity index (χ1) is 8.10. The summed E-state index contributed by atoms with van der Waals surface area (Å²) in [5.74, 6) is -0.141. The fraction of sp³-hybridized carbons (Fsp3) is 0.333. The number of phenols is 1. The average molecular weight is 297 g/mol. The third kappa shape index (κ3) is 3.46. The van der Waals surface area contributed by atoms with Gasteiger partial charge in [0, 0.05) is 18.7 Å². The summed E-state index contributed by atoms with van der Waals surface area (Å²) in [6, 6.07) is 6.69. The first-order valence-electron chi connectivity index (χ1n) is 5.25. The van der Waals surface area contributed by atoms with Crippen LogP contribution in [0.3, 0.4) is 0 Å². The number of carbonyl (C=O) groups is 1. The molecule has 0 aromatic heterocycles. The highest BCUT2D eigenvalue weighted by Crippen LogP contribution is 2.24. The number of amides is 1. The Hall–Kier alpha value is -1.54. The van der Waals surface area contributed by atoms with Gasteiger partial charge in [0.25, 0.3) is 5.91 Å². The predicted octanol–water partition coefficient (Wildman–Crippen LogP) is 2.53. The molecule has 17 heavy (non-hydrogen) atoms. The minimum Gasteiger partial charge on any atom is -0.507 e. The third-order valence-electron chi connectivity index (χ3n) is 2.36. The number of carbonyl (C=O) groups excluding carboxylic acids is 1. The Balaban J connectivity index is 2.86. The summed E-state index contributed by atoms with van der Waals surface area (Å²) in [6.07, 6.45) is 0.308. The molecular formula is C12H13BrN2O2. The van der Waals surface area contributed by atoms with Crippen molar-refractivity contribution in [2.75, 3.05) is 13.1 Å². The van der Waals surface area contributed by atoms with E-state index in [4.69, 9.17) is 5.26 Å². The lowest BCUT2D eigenvalue weighted by Crippen LogP contribution is -2.31. The number of rotatable bonds is 4. The van der Waals surface area contributed by atoms with E-state index >= 15 is 0 Å². The van der Waals surface area contributed by atoms with Crippen LogP contribution in [0.1, 0.15) is 23.7 Å². The van der Waals surface area contributed by atoms with Crippen LogP contribution >= 0.6 is 15.9 Å². The van der Waals surface area contributed by atoms with Gasteiger partial charge in [-0.05, 0) is 41.1 Å². The molecule has 0 atom stereocenters. The second-order valence-electron chi connectivity index (χ2n) is 3.46. The van der Waals surface area contributed by atoms with Crippen molar-refractivity contribution >= 4 is 21.8 Å². The molecule has 0 unspecified atom stereocenters. The smallest absolute Gasteiger partial charge is 0.254 e. The van der Waals surface area contributed by atoms with Crippen molar-refractivity contribution in [1.29, 1.82) is 5.26 Å². The molecule has 0 spiro atoms. The maximum absolute atomic E-state index is 12.0. The quantitative estimate of drug-likeness (QED) is 0.928. The average Bonchev–Trinajstić information content (AvgIpc) is 2.33. The molecule has 1 N–H and O–H groups in total. The predicted molar refractivity (Wildman–Crippen MR) is 67.6 cm³/mol. The van der Waals surface area contributed by atoms with Crippen LogP contribution in [-0.2, 0) is 0 Å². The minimum atomic E-state index is -0.175. The molecule has 1 aromatic carbocycles. The highest BCUT2D eigenvalue weighted by atomic mass is 79.9. The summed E-state index contributed by atoms with van der Waals surface area (Å²) in [6.45, 7) is 2.80. The normalized spacial score (nSPS) is 9.71. The van der Waals surface area contributed by atoms with Gasteiger partial charge in [-0.15, -0.1) is 0 Å². The van der Waals surface area contributed by atoms with E-state index in [2.05, 4.69) is 15.9 Å². The summed E-state index contributed by atoms with van der Waals surface area (Å²) in [5.41, 5.74) is 0.422. The standard InChI is InChI=1S/C12H13BrN2O2/c1-2-15(7-3-6-14)12(17)9-4-5-10(13)11(16)8-9/h4-5,8,16H,2-3,7H2,1H3. The number of nitrogens with zero attached hydrogens (tertiary/aromatic N) is 2. The van der Waals surface area contributed by atoms with Gasteiger partial charge in [-0.3, -0.25) is 4.79 Å². The van der Waals surface area contributed by atoms with Crippen molar-refractivity contribution in [3.63, 3.8) is 0 Å². The van der Waals surface area contributed by atoms with Gasteiger partial charge in [0.2, 0.25) is 0 Å². The second-order valence-corrected chi connectivity index (χ2v) is 4.31. The number of halogens is 1. The third-order valence-corrected chi connectivity index (χ3v) is 3.03. The highest BCUT2D eigenvalue weighted by Gasteiger charge is 2.14. The van der Waals surface area contributed by atoms with Crippen molar-refractivity contribution in [1.82, 2.24) is 4.90 Å². The lowest BCUT2D eigenvalue weighted by molar-refractivity contribution is 0.0767. The van der Waals surface area contributed by atoms with E-state index in [1.54, 1.807) is 17.0 Å². The van der Waals surface area contributed by atoms with Gasteiger partial charge in [-0.1, -0.05) is 0 Å². The van der Waals surface area contributed by atoms with Crippen LogP contribution in [0, 0.1) is 11.3 Å². The number of hydrogen-bond acceptors (Lipinski definition) is 3. The monoisotopic (exact) mass is 296 g/mol. The van der Waals surface area contributed by atoms with Crippen LogP contribution in [0.25, 0.3) is 0 Å². The molecule has 0 heterocycles. The van der Waals surface area contributed by atoms with Gasteiger partial charge in [0.15, 0.2) is 0 Å². The van der Waals surface area contributed by atoms with E-state index < -0.39 is 0 Å². The molecule has 5 heteroatoms. The molecule has 0 saturated carbocycles. The van der Waals surface area contributed by atoms with E-state index in [1.165, 1.54) is 6.07 Å². The van der Waals surface area contributed by atoms with Crippen molar-refractivity contribution in [3.05, 3.63) is 28.2 Å². The molecule has 0 saturated heterocycles. The molecular weight excluding hydrogens is 284 g/mol. The van der Waals surface area contributed by atoms with Crippen LogP contribution < -0.4 is 0 Å². The van der Waals surface area contributed by atoms with E-state index in [-0.39, 0.29) is 11.7 Å². The van der Waals surface area contributed by atoms with Gasteiger partial charge in [0.05, 0.1) is 17.0 Å². The molecule has 0 aliphatic rings. The Morgan fingerprint density at radius 3 is 2.82 bits per heavy atom. The fourth-order valence-electron chi connectivity index (χ4n) is 1.42. The maximum atomic E-state index is 12.0. The van der Waals surface area contributed by atoms with E-state index in [1.807, 2.05) is 13.0 Å². The van der Waals surface area contributed by atoms with Crippen molar-refractivity contribution in [2.45, 2.75) is 13.3 Å². The molecule has 90 valence electrons. The zero-order valence-corrected chi connectivity index (χ0v) is 11.1. The van der Waals surface area contributed by atoms with Gasteiger partial charge >= 0.3 is 0 Å². The van der Waals surface area contributed by atoms with E-state index in [9.17, 15) is 9.90 Å². The molecule has 0 bridgehead atoms. The summed E-state index contributed by atoms with van der Waals surface area (Å²) >= 11 is 3.16. The van der Waals surface area contributed by atoms with Crippen LogP contribution in [0.2, 0.25) is 0 Å². The van der Waals surface area contributed by atoms with E-state index in [0.717, 1.165) is 0 Å². The number of phenolic OH excluding ortho intramolecular Hbond substituents is 1. The summed E-state index contributed by atoms with van der Waals surface area (Å²) in [7, 11) is 0. The largest absolute Gasteiger partial charge is 0.507 e. The Morgan fingerprint density at radius 2 is 2.29 bits per heavy atom. The molecule has 0 fully saturated rings. The maximum Gasteiger partial charge on any atom is 0.254 e. The zero-order valence-electron chi connectivity index (χ0n) is 9.48. The van der Waals surface area contributed by atoms with Crippen molar-refractivity contribution in [3.8, 4) is 11.8 Å². The highest BCUT2D eigenvalue weighted by molar-refractivity contribution is 9.10. The lowest BCUT2D eigenvalue weighted by atomic mass is 10.2. The topological polar surface area (TPSA) is 64.3 Å². The minimum absolute atomic E-state index is 0.0344. The molecule has 0 radical (unpaired) electrons. The van der Waals surface area contributed by atoms with Crippen molar-refractivity contribution < 1.29 is 9.90 Å². The first kappa shape index (κ1) is 13.5. The second kappa shape index (κ2) is 6.26. The molecule has 1 rings (SSSR count). The molecule has 1 aromatic rings. The SMILES string of the molecule is CCN(CCC#N)C(=O)c1ccc(Br)c(O)c1. The van der Waals surface area contributed by atoms with Crippen LogP contribution in [0.4, 0.5) is 0 Å². The Kier molecular flexibility index (Phi) is 4.98. The summed E-state index contributed by atoms with van der Waals surface area (Å²) in [5, 5.41) is 18.0. The van der Waals surface area contributed by atoms with Crippen molar-refractivity contribution in [2.24, 2.45) is 0 Å². The zero-order chi connectivity index (χ0) is 12.8. The van der Waals surface area contributed by atoms with Crippen LogP contribution in [0.15, 0.2) is 22.7 Å². The molecule has 0 aliphatic carbocycles. The number of hydrogen-bond donors (Lipinski definition) is 1. The fourth-order valence-corrected chi connectivity index (χ4v) is 1.66. The van der Waals surface area contributed by atoms with Gasteiger partial charge in [-0.25, -0.2) is 0 Å². The van der Waals surface area contributed by atoms with Crippen LogP contribution in [0.5, 0.6) is 5.75 Å². The number of nitriles is 1. The lowest BCUT2D eigenvalue weighted by Gasteiger charge is -2.19. The van der Waals surface area contributed by atoms with Gasteiger partial charge in [-0.2, -0.15) is 5.26 Å². The first-order valence-corrected chi connectivity index (χ1v) is 6.04. The Morgan fingerprint density at radius 1 is 1.59 bits per heavy atom. The Labute approximate surface area is 109 Å². The van der Waals surface area contributed by atoms with Gasteiger partial charge < -0.3 is 10.0 Å². The number of aromatic hydroxyl groups is 1.